The van der Waals surface area contributed by atoms with Crippen molar-refractivity contribution in [3.05, 3.63) is 34.4 Å². The van der Waals surface area contributed by atoms with E-state index in [0.717, 1.165) is 12.1 Å². The van der Waals surface area contributed by atoms with Crippen LogP contribution in [-0.4, -0.2) is 5.11 Å². The predicted molar refractivity (Wildman–Crippen MR) is 46.8 cm³/mol. The van der Waals surface area contributed by atoms with Crippen LogP contribution >= 0.6 is 0 Å². The zero-order chi connectivity index (χ0) is 11.6. The SMILES string of the molecule is Cc1c(C#N)cc(C(F)(F)F)cc1CO. The molecule has 0 amide bonds. The Morgan fingerprint density at radius 2 is 2.00 bits per heavy atom. The molecule has 2 nitrogen and oxygen atoms in total. The molecule has 0 saturated heterocycles. The Hall–Kier alpha value is -1.54. The number of halogens is 3. The van der Waals surface area contributed by atoms with Crippen LogP contribution in [0.15, 0.2) is 12.1 Å². The molecule has 0 saturated carbocycles. The van der Waals surface area contributed by atoms with E-state index in [4.69, 9.17) is 10.4 Å². The van der Waals surface area contributed by atoms with Gasteiger partial charge in [-0.1, -0.05) is 0 Å². The summed E-state index contributed by atoms with van der Waals surface area (Å²) in [5.41, 5.74) is -0.461. The molecule has 80 valence electrons. The Labute approximate surface area is 84.6 Å². The maximum Gasteiger partial charge on any atom is 0.416 e. The highest BCUT2D eigenvalue weighted by atomic mass is 19.4. The summed E-state index contributed by atoms with van der Waals surface area (Å²) in [4.78, 5) is 0. The molecule has 0 aliphatic carbocycles. The summed E-state index contributed by atoms with van der Waals surface area (Å²) in [6.45, 7) is 0.995. The molecule has 1 N–H and O–H groups in total. The van der Waals surface area contributed by atoms with Crippen molar-refractivity contribution in [3.63, 3.8) is 0 Å². The third kappa shape index (κ3) is 2.28. The standard InChI is InChI=1S/C10H8F3NO/c1-6-7(4-14)2-9(10(11,12)13)3-8(6)5-15/h2-3,15H,5H2,1H3. The second kappa shape index (κ2) is 3.91. The first-order chi connectivity index (χ1) is 6.90. The van der Waals surface area contributed by atoms with Crippen LogP contribution in [0.3, 0.4) is 0 Å². The van der Waals surface area contributed by atoms with Crippen LogP contribution in [0.25, 0.3) is 0 Å². The van der Waals surface area contributed by atoms with Gasteiger partial charge in [0.25, 0.3) is 0 Å². The third-order valence-electron chi connectivity index (χ3n) is 2.13. The molecule has 0 unspecified atom stereocenters. The van der Waals surface area contributed by atoms with Crippen LogP contribution in [0, 0.1) is 18.3 Å². The number of alkyl halides is 3. The maximum absolute atomic E-state index is 12.4. The van der Waals surface area contributed by atoms with Crippen LogP contribution in [0.2, 0.25) is 0 Å². The highest BCUT2D eigenvalue weighted by Gasteiger charge is 2.31. The van der Waals surface area contributed by atoms with Crippen LogP contribution in [0.5, 0.6) is 0 Å². The zero-order valence-electron chi connectivity index (χ0n) is 7.89. The monoisotopic (exact) mass is 215 g/mol. The van der Waals surface area contributed by atoms with Gasteiger partial charge in [0.05, 0.1) is 23.8 Å². The highest BCUT2D eigenvalue weighted by Crippen LogP contribution is 2.31. The van der Waals surface area contributed by atoms with E-state index in [9.17, 15) is 13.2 Å². The third-order valence-corrected chi connectivity index (χ3v) is 2.13. The van der Waals surface area contributed by atoms with Gasteiger partial charge >= 0.3 is 6.18 Å². The molecule has 5 heteroatoms. The summed E-state index contributed by atoms with van der Waals surface area (Å²) in [6, 6.07) is 3.31. The maximum atomic E-state index is 12.4. The summed E-state index contributed by atoms with van der Waals surface area (Å²) in [5, 5.41) is 17.5. The van der Waals surface area contributed by atoms with Gasteiger partial charge in [-0.15, -0.1) is 0 Å². The summed E-state index contributed by atoms with van der Waals surface area (Å²) >= 11 is 0. The number of hydrogen-bond donors (Lipinski definition) is 1. The van der Waals surface area contributed by atoms with Gasteiger partial charge in [0.1, 0.15) is 0 Å². The van der Waals surface area contributed by atoms with E-state index in [1.807, 2.05) is 0 Å². The average Bonchev–Trinajstić information content (AvgIpc) is 2.16. The molecule has 0 atom stereocenters. The molecule has 15 heavy (non-hydrogen) atoms. The van der Waals surface area contributed by atoms with Crippen molar-refractivity contribution in [1.29, 1.82) is 5.26 Å². The average molecular weight is 215 g/mol. The first-order valence-corrected chi connectivity index (χ1v) is 4.12. The topological polar surface area (TPSA) is 44.0 Å². The Morgan fingerprint density at radius 1 is 1.40 bits per heavy atom. The minimum atomic E-state index is -4.50. The van der Waals surface area contributed by atoms with Crippen molar-refractivity contribution in [2.75, 3.05) is 0 Å². The summed E-state index contributed by atoms with van der Waals surface area (Å²) < 4.78 is 37.1. The molecule has 0 aliphatic heterocycles. The Bertz CT molecular complexity index is 418. The fourth-order valence-electron chi connectivity index (χ4n) is 1.22. The van der Waals surface area contributed by atoms with Crippen molar-refractivity contribution in [3.8, 4) is 6.07 Å². The van der Waals surface area contributed by atoms with Crippen LogP contribution < -0.4 is 0 Å². The zero-order valence-corrected chi connectivity index (χ0v) is 7.89. The number of hydrogen-bond acceptors (Lipinski definition) is 2. The van der Waals surface area contributed by atoms with E-state index in [2.05, 4.69) is 0 Å². The van der Waals surface area contributed by atoms with Gasteiger partial charge in [-0.25, -0.2) is 0 Å². The summed E-state index contributed by atoms with van der Waals surface area (Å²) in [5.74, 6) is 0. The fraction of sp³-hybridized carbons (Fsp3) is 0.300. The molecular weight excluding hydrogens is 207 g/mol. The first kappa shape index (κ1) is 11.5. The fourth-order valence-corrected chi connectivity index (χ4v) is 1.22. The predicted octanol–water partition coefficient (Wildman–Crippen LogP) is 2.38. The quantitative estimate of drug-likeness (QED) is 0.781. The number of nitriles is 1. The molecule has 1 rings (SSSR count). The normalized spacial score (nSPS) is 11.2. The van der Waals surface area contributed by atoms with Crippen molar-refractivity contribution in [1.82, 2.24) is 0 Å². The molecular formula is C10H8F3NO. The lowest BCUT2D eigenvalue weighted by molar-refractivity contribution is -0.137. The molecule has 0 heterocycles. The van der Waals surface area contributed by atoms with E-state index < -0.39 is 18.3 Å². The molecule has 0 radical (unpaired) electrons. The molecule has 0 bridgehead atoms. The van der Waals surface area contributed by atoms with Gasteiger partial charge in [0.2, 0.25) is 0 Å². The number of aliphatic hydroxyl groups is 1. The van der Waals surface area contributed by atoms with Crippen molar-refractivity contribution >= 4 is 0 Å². The second-order valence-electron chi connectivity index (χ2n) is 3.08. The highest BCUT2D eigenvalue weighted by molar-refractivity contribution is 5.45. The van der Waals surface area contributed by atoms with Crippen molar-refractivity contribution in [2.45, 2.75) is 19.7 Å². The molecule has 1 aromatic rings. The Kier molecular flexibility index (Phi) is 3.01. The smallest absolute Gasteiger partial charge is 0.392 e. The minimum absolute atomic E-state index is 0.0612. The van der Waals surface area contributed by atoms with Gasteiger partial charge in [0.15, 0.2) is 0 Å². The van der Waals surface area contributed by atoms with Gasteiger partial charge in [-0.05, 0) is 30.2 Å². The van der Waals surface area contributed by atoms with Gasteiger partial charge < -0.3 is 5.11 Å². The molecule has 0 fully saturated rings. The van der Waals surface area contributed by atoms with Gasteiger partial charge in [0, 0.05) is 0 Å². The number of nitrogens with zero attached hydrogens (tertiary/aromatic N) is 1. The Balaban J connectivity index is 3.42. The number of aliphatic hydroxyl groups excluding tert-OH is 1. The largest absolute Gasteiger partial charge is 0.416 e. The van der Waals surface area contributed by atoms with Crippen LogP contribution in [-0.2, 0) is 12.8 Å². The minimum Gasteiger partial charge on any atom is -0.392 e. The Morgan fingerprint density at radius 3 is 2.40 bits per heavy atom. The van der Waals surface area contributed by atoms with Crippen molar-refractivity contribution in [2.24, 2.45) is 0 Å². The van der Waals surface area contributed by atoms with Crippen LogP contribution in [0.4, 0.5) is 13.2 Å². The van der Waals surface area contributed by atoms with E-state index in [0.29, 0.717) is 5.56 Å². The van der Waals surface area contributed by atoms with Gasteiger partial charge in [-0.3, -0.25) is 0 Å². The molecule has 0 spiro atoms. The lowest BCUT2D eigenvalue weighted by Crippen LogP contribution is -2.07. The number of rotatable bonds is 1. The van der Waals surface area contributed by atoms with E-state index in [1.54, 1.807) is 6.07 Å². The summed E-state index contributed by atoms with van der Waals surface area (Å²) in [6.07, 6.45) is -4.50. The lowest BCUT2D eigenvalue weighted by atomic mass is 9.99. The van der Waals surface area contributed by atoms with Crippen molar-refractivity contribution < 1.29 is 18.3 Å². The van der Waals surface area contributed by atoms with E-state index in [-0.39, 0.29) is 11.1 Å². The molecule has 1 aromatic carbocycles. The van der Waals surface area contributed by atoms with Crippen LogP contribution in [0.1, 0.15) is 22.3 Å². The lowest BCUT2D eigenvalue weighted by Gasteiger charge is -2.11. The molecule has 0 aromatic heterocycles. The second-order valence-corrected chi connectivity index (χ2v) is 3.08. The number of benzene rings is 1. The first-order valence-electron chi connectivity index (χ1n) is 4.12. The van der Waals surface area contributed by atoms with Gasteiger partial charge in [-0.2, -0.15) is 18.4 Å². The van der Waals surface area contributed by atoms with E-state index >= 15 is 0 Å². The summed E-state index contributed by atoms with van der Waals surface area (Å²) in [7, 11) is 0. The van der Waals surface area contributed by atoms with E-state index in [1.165, 1.54) is 6.92 Å². The molecule has 0 aliphatic rings.